The Morgan fingerprint density at radius 3 is 2.36 bits per heavy atom. The fraction of sp³-hybridized carbons (Fsp3) is 0.143. The van der Waals surface area contributed by atoms with Crippen molar-refractivity contribution in [3.05, 3.63) is 54.5 Å². The maximum atomic E-state index is 11.8. The van der Waals surface area contributed by atoms with E-state index in [1.165, 1.54) is 49.6 Å². The van der Waals surface area contributed by atoms with Crippen molar-refractivity contribution in [2.75, 3.05) is 0 Å². The lowest BCUT2D eigenvalue weighted by molar-refractivity contribution is -0.213. The van der Waals surface area contributed by atoms with E-state index in [0.717, 1.165) is 0 Å². The SMILES string of the molecule is CC(C(=O)OOS(=O)(=O)c1ccccc1)C(=O)c1ccco1. The van der Waals surface area contributed by atoms with Gasteiger partial charge < -0.3 is 4.42 Å². The van der Waals surface area contributed by atoms with E-state index in [1.54, 1.807) is 6.07 Å². The van der Waals surface area contributed by atoms with Gasteiger partial charge in [-0.15, -0.1) is 0 Å². The van der Waals surface area contributed by atoms with Crippen LogP contribution < -0.4 is 0 Å². The van der Waals surface area contributed by atoms with Crippen molar-refractivity contribution < 1.29 is 31.6 Å². The van der Waals surface area contributed by atoms with Gasteiger partial charge in [-0.05, 0) is 35.5 Å². The number of hydrogen-bond acceptors (Lipinski definition) is 7. The molecule has 1 aromatic carbocycles. The Bertz CT molecular complexity index is 748. The first-order chi connectivity index (χ1) is 10.4. The third kappa shape index (κ3) is 3.60. The lowest BCUT2D eigenvalue weighted by atomic mass is 10.1. The van der Waals surface area contributed by atoms with Crippen molar-refractivity contribution in [3.8, 4) is 0 Å². The predicted molar refractivity (Wildman–Crippen MR) is 73.0 cm³/mol. The Kier molecular flexibility index (Phi) is 4.74. The number of ketones is 1. The summed E-state index contributed by atoms with van der Waals surface area (Å²) in [5.41, 5.74) is 0. The molecule has 0 N–H and O–H groups in total. The maximum Gasteiger partial charge on any atom is 0.354 e. The zero-order valence-corrected chi connectivity index (χ0v) is 12.3. The van der Waals surface area contributed by atoms with Gasteiger partial charge in [-0.2, -0.15) is 8.42 Å². The molecule has 22 heavy (non-hydrogen) atoms. The zero-order valence-electron chi connectivity index (χ0n) is 11.5. The molecule has 7 nitrogen and oxygen atoms in total. The second-order valence-corrected chi connectivity index (χ2v) is 5.82. The Balaban J connectivity index is 1.99. The highest BCUT2D eigenvalue weighted by atomic mass is 32.2. The molecule has 2 rings (SSSR count). The van der Waals surface area contributed by atoms with Crippen LogP contribution in [0.5, 0.6) is 0 Å². The van der Waals surface area contributed by atoms with Gasteiger partial charge in [0.05, 0.1) is 11.2 Å². The minimum atomic E-state index is -4.25. The second-order valence-electron chi connectivity index (χ2n) is 4.30. The van der Waals surface area contributed by atoms with Crippen molar-refractivity contribution in [3.63, 3.8) is 0 Å². The Hall–Kier alpha value is -2.45. The maximum absolute atomic E-state index is 11.8. The average molecular weight is 324 g/mol. The summed E-state index contributed by atoms with van der Waals surface area (Å²) in [6, 6.07) is 10.0. The van der Waals surface area contributed by atoms with Crippen LogP contribution >= 0.6 is 0 Å². The summed E-state index contributed by atoms with van der Waals surface area (Å²) in [7, 11) is -4.25. The van der Waals surface area contributed by atoms with Crippen LogP contribution in [0.3, 0.4) is 0 Å². The summed E-state index contributed by atoms with van der Waals surface area (Å²) in [5, 5.41) is 0. The largest absolute Gasteiger partial charge is 0.461 e. The Labute approximate surface area is 126 Å². The normalized spacial score (nSPS) is 12.6. The van der Waals surface area contributed by atoms with Gasteiger partial charge in [-0.25, -0.2) is 4.79 Å². The minimum Gasteiger partial charge on any atom is -0.461 e. The van der Waals surface area contributed by atoms with Gasteiger partial charge in [0.1, 0.15) is 5.92 Å². The quantitative estimate of drug-likeness (QED) is 0.346. The number of hydrogen-bond donors (Lipinski definition) is 0. The zero-order chi connectivity index (χ0) is 16.2. The molecular formula is C14H12O7S. The monoisotopic (exact) mass is 324 g/mol. The first kappa shape index (κ1) is 15.9. The highest BCUT2D eigenvalue weighted by molar-refractivity contribution is 7.86. The Morgan fingerprint density at radius 1 is 1.09 bits per heavy atom. The fourth-order valence-electron chi connectivity index (χ4n) is 1.52. The second kappa shape index (κ2) is 6.54. The summed E-state index contributed by atoms with van der Waals surface area (Å²) in [5.74, 6) is -3.08. The highest BCUT2D eigenvalue weighted by Gasteiger charge is 2.29. The molecule has 1 atom stereocenters. The predicted octanol–water partition coefficient (Wildman–Crippen LogP) is 1.96. The van der Waals surface area contributed by atoms with Gasteiger partial charge in [0.2, 0.25) is 5.78 Å². The fourth-order valence-corrected chi connectivity index (χ4v) is 2.24. The van der Waals surface area contributed by atoms with Crippen molar-refractivity contribution >= 4 is 21.9 Å². The van der Waals surface area contributed by atoms with E-state index in [9.17, 15) is 18.0 Å². The molecule has 0 aliphatic carbocycles. The summed E-state index contributed by atoms with van der Waals surface area (Å²) in [4.78, 5) is 27.6. The molecule has 1 heterocycles. The molecule has 0 fully saturated rings. The molecule has 1 unspecified atom stereocenters. The van der Waals surface area contributed by atoms with Gasteiger partial charge in [-0.3, -0.25) is 9.68 Å². The van der Waals surface area contributed by atoms with Crippen LogP contribution in [0.15, 0.2) is 58.0 Å². The topological polar surface area (TPSA) is 99.9 Å². The smallest absolute Gasteiger partial charge is 0.354 e. The third-order valence-electron chi connectivity index (χ3n) is 2.75. The van der Waals surface area contributed by atoms with Gasteiger partial charge in [0.15, 0.2) is 5.76 Å². The lowest BCUT2D eigenvalue weighted by Gasteiger charge is -2.08. The van der Waals surface area contributed by atoms with Crippen LogP contribution in [0, 0.1) is 5.92 Å². The Morgan fingerprint density at radius 2 is 1.77 bits per heavy atom. The van der Waals surface area contributed by atoms with E-state index < -0.39 is 27.8 Å². The van der Waals surface area contributed by atoms with Crippen molar-refractivity contribution in [2.45, 2.75) is 11.8 Å². The number of benzene rings is 1. The molecule has 2 aromatic rings. The summed E-state index contributed by atoms with van der Waals surface area (Å²) < 4.78 is 32.6. The van der Waals surface area contributed by atoms with Gasteiger partial charge in [0, 0.05) is 0 Å². The first-order valence-electron chi connectivity index (χ1n) is 6.19. The van der Waals surface area contributed by atoms with Gasteiger partial charge in [-0.1, -0.05) is 18.2 Å². The van der Waals surface area contributed by atoms with Gasteiger partial charge >= 0.3 is 16.1 Å². The average Bonchev–Trinajstić information content (AvgIpc) is 3.06. The van der Waals surface area contributed by atoms with Crippen LogP contribution in [0.4, 0.5) is 0 Å². The number of Topliss-reactive ketones (excluding diaryl/α,β-unsaturated/α-hetero) is 1. The van der Waals surface area contributed by atoms with Crippen LogP contribution in [0.2, 0.25) is 0 Å². The van der Waals surface area contributed by atoms with E-state index in [1.807, 2.05) is 0 Å². The molecule has 8 heteroatoms. The molecule has 1 aromatic heterocycles. The molecule has 116 valence electrons. The summed E-state index contributed by atoms with van der Waals surface area (Å²) in [6.07, 6.45) is 1.28. The van der Waals surface area contributed by atoms with E-state index in [4.69, 9.17) is 4.42 Å². The number of furan rings is 1. The molecule has 0 saturated heterocycles. The molecule has 0 bridgehead atoms. The number of carbonyl (C=O) groups excluding carboxylic acids is 2. The summed E-state index contributed by atoms with van der Waals surface area (Å²) >= 11 is 0. The van der Waals surface area contributed by atoms with E-state index in [2.05, 4.69) is 9.22 Å². The molecule has 0 aliphatic heterocycles. The van der Waals surface area contributed by atoms with Crippen LogP contribution in [0.1, 0.15) is 17.5 Å². The lowest BCUT2D eigenvalue weighted by Crippen LogP contribution is -2.24. The third-order valence-corrected chi connectivity index (χ3v) is 3.85. The molecule has 0 saturated carbocycles. The van der Waals surface area contributed by atoms with E-state index in [-0.39, 0.29) is 10.7 Å². The molecule has 0 spiro atoms. The van der Waals surface area contributed by atoms with E-state index in [0.29, 0.717) is 0 Å². The van der Waals surface area contributed by atoms with Crippen LogP contribution in [-0.2, 0) is 24.1 Å². The van der Waals surface area contributed by atoms with Gasteiger partial charge in [0.25, 0.3) is 0 Å². The molecular weight excluding hydrogens is 312 g/mol. The summed E-state index contributed by atoms with van der Waals surface area (Å²) in [6.45, 7) is 1.26. The number of carbonyl (C=O) groups is 2. The van der Waals surface area contributed by atoms with Crippen molar-refractivity contribution in [2.24, 2.45) is 5.92 Å². The molecule has 0 radical (unpaired) electrons. The highest BCUT2D eigenvalue weighted by Crippen LogP contribution is 2.15. The standard InChI is InChI=1S/C14H12O7S/c1-10(13(15)12-8-5-9-19-12)14(16)20-21-22(17,18)11-6-3-2-4-7-11/h2-10H,1H3. The molecule has 0 aliphatic rings. The molecule has 0 amide bonds. The van der Waals surface area contributed by atoms with Crippen molar-refractivity contribution in [1.82, 2.24) is 0 Å². The van der Waals surface area contributed by atoms with E-state index >= 15 is 0 Å². The number of rotatable bonds is 6. The minimum absolute atomic E-state index is 0.0321. The first-order valence-corrected chi connectivity index (χ1v) is 7.60. The van der Waals surface area contributed by atoms with Crippen LogP contribution in [0.25, 0.3) is 0 Å². The van der Waals surface area contributed by atoms with Crippen molar-refractivity contribution in [1.29, 1.82) is 0 Å². The van der Waals surface area contributed by atoms with Crippen LogP contribution in [-0.4, -0.2) is 20.2 Å².